The van der Waals surface area contributed by atoms with Crippen LogP contribution in [0.4, 0.5) is 4.39 Å². The second kappa shape index (κ2) is 6.40. The monoisotopic (exact) mass is 229 g/mol. The maximum atomic E-state index is 12.4. The summed E-state index contributed by atoms with van der Waals surface area (Å²) in [7, 11) is 1.41. The number of benzene rings is 1. The molecular weight excluding hydrogens is 217 g/mol. The van der Waals surface area contributed by atoms with Crippen molar-refractivity contribution in [3.8, 4) is 0 Å². The van der Waals surface area contributed by atoms with E-state index in [-0.39, 0.29) is 0 Å². The molecule has 2 nitrogen and oxygen atoms in total. The Morgan fingerprint density at radius 1 is 1.40 bits per heavy atom. The van der Waals surface area contributed by atoms with Crippen LogP contribution in [0.15, 0.2) is 29.4 Å². The molecule has 0 saturated carbocycles. The molecule has 0 N–H and O–H groups in total. The van der Waals surface area contributed by atoms with Crippen LogP contribution < -0.4 is 0 Å². The van der Waals surface area contributed by atoms with Crippen molar-refractivity contribution >= 4 is 17.3 Å². The maximum Gasteiger partial charge on any atom is 0.131 e. The zero-order chi connectivity index (χ0) is 11.1. The number of hydrogen-bond donors (Lipinski definition) is 0. The molecule has 0 fully saturated rings. The Hall–Kier alpha value is -1.09. The molecule has 0 aliphatic heterocycles. The molecule has 0 atom stereocenters. The van der Waals surface area contributed by atoms with Crippen molar-refractivity contribution in [1.82, 2.24) is 0 Å². The van der Waals surface area contributed by atoms with Gasteiger partial charge in [-0.15, -0.1) is 0 Å². The van der Waals surface area contributed by atoms with Crippen LogP contribution in [0.1, 0.15) is 12.0 Å². The summed E-state index contributed by atoms with van der Waals surface area (Å²) in [6.07, 6.45) is 1.30. The minimum absolute atomic E-state index is 0.424. The van der Waals surface area contributed by atoms with Crippen LogP contribution >= 0.6 is 11.6 Å². The van der Waals surface area contributed by atoms with Crippen molar-refractivity contribution < 1.29 is 9.23 Å². The summed E-state index contributed by atoms with van der Waals surface area (Å²) in [6.45, 7) is -0.568. The first-order valence-electron chi connectivity index (χ1n) is 4.65. The van der Waals surface area contributed by atoms with E-state index in [1.165, 1.54) is 7.11 Å². The fourth-order valence-corrected chi connectivity index (χ4v) is 1.33. The van der Waals surface area contributed by atoms with Gasteiger partial charge in [-0.1, -0.05) is 28.9 Å². The molecule has 1 aromatic rings. The van der Waals surface area contributed by atoms with Gasteiger partial charge < -0.3 is 4.84 Å². The van der Waals surface area contributed by atoms with E-state index in [4.69, 9.17) is 11.6 Å². The molecule has 0 saturated heterocycles. The van der Waals surface area contributed by atoms with Gasteiger partial charge in [-0.25, -0.2) is 4.39 Å². The van der Waals surface area contributed by atoms with Crippen LogP contribution in [0.2, 0.25) is 5.02 Å². The molecule has 1 rings (SSSR count). The highest BCUT2D eigenvalue weighted by molar-refractivity contribution is 6.30. The molecule has 0 spiro atoms. The molecule has 0 aromatic heterocycles. The summed E-state index contributed by atoms with van der Waals surface area (Å²) in [5.74, 6) is 0. The minimum atomic E-state index is -0.568. The van der Waals surface area contributed by atoms with E-state index in [9.17, 15) is 4.39 Å². The highest BCUT2D eigenvalue weighted by Crippen LogP contribution is 2.11. The SMILES string of the molecule is CON=C(CF)CCc1ccc(Cl)cc1. The van der Waals surface area contributed by atoms with E-state index in [0.29, 0.717) is 17.2 Å². The van der Waals surface area contributed by atoms with Gasteiger partial charge in [-0.3, -0.25) is 0 Å². The van der Waals surface area contributed by atoms with Gasteiger partial charge in [0.25, 0.3) is 0 Å². The van der Waals surface area contributed by atoms with Gasteiger partial charge in [-0.2, -0.15) is 0 Å². The van der Waals surface area contributed by atoms with Crippen LogP contribution in [0.25, 0.3) is 0 Å². The smallest absolute Gasteiger partial charge is 0.131 e. The largest absolute Gasteiger partial charge is 0.399 e. The summed E-state index contributed by atoms with van der Waals surface area (Å²) in [5.41, 5.74) is 1.53. The summed E-state index contributed by atoms with van der Waals surface area (Å²) < 4.78 is 12.4. The Kier molecular flexibility index (Phi) is 5.12. The first-order valence-corrected chi connectivity index (χ1v) is 5.03. The van der Waals surface area contributed by atoms with E-state index < -0.39 is 6.67 Å². The maximum absolute atomic E-state index is 12.4. The second-order valence-corrected chi connectivity index (χ2v) is 3.54. The van der Waals surface area contributed by atoms with Crippen LogP contribution in [0.5, 0.6) is 0 Å². The number of hydrogen-bond acceptors (Lipinski definition) is 2. The molecule has 0 aliphatic carbocycles. The molecule has 0 unspecified atom stereocenters. The van der Waals surface area contributed by atoms with E-state index in [1.807, 2.05) is 24.3 Å². The fourth-order valence-electron chi connectivity index (χ4n) is 1.21. The van der Waals surface area contributed by atoms with Crippen molar-refractivity contribution in [2.24, 2.45) is 5.16 Å². The van der Waals surface area contributed by atoms with Gasteiger partial charge in [0.05, 0.1) is 5.71 Å². The van der Waals surface area contributed by atoms with E-state index in [2.05, 4.69) is 9.99 Å². The van der Waals surface area contributed by atoms with Crippen molar-refractivity contribution in [3.05, 3.63) is 34.9 Å². The summed E-state index contributed by atoms with van der Waals surface area (Å²) in [4.78, 5) is 4.53. The number of nitrogens with zero attached hydrogens (tertiary/aromatic N) is 1. The normalized spacial score (nSPS) is 11.5. The molecule has 0 bridgehead atoms. The number of aryl methyl sites for hydroxylation is 1. The van der Waals surface area contributed by atoms with Crippen molar-refractivity contribution in [2.75, 3.05) is 13.8 Å². The first-order chi connectivity index (χ1) is 7.26. The first kappa shape index (κ1) is 12.0. The fraction of sp³-hybridized carbons (Fsp3) is 0.364. The Morgan fingerprint density at radius 2 is 2.07 bits per heavy atom. The zero-order valence-corrected chi connectivity index (χ0v) is 9.30. The third-order valence-electron chi connectivity index (χ3n) is 1.99. The summed E-state index contributed by atoms with van der Waals surface area (Å²) in [5, 5.41) is 4.29. The lowest BCUT2D eigenvalue weighted by atomic mass is 10.1. The van der Waals surface area contributed by atoms with Crippen LogP contribution in [0.3, 0.4) is 0 Å². The molecule has 0 amide bonds. The van der Waals surface area contributed by atoms with Crippen LogP contribution in [-0.4, -0.2) is 19.5 Å². The number of alkyl halides is 1. The Bertz CT molecular complexity index is 324. The predicted octanol–water partition coefficient (Wildman–Crippen LogP) is 3.24. The van der Waals surface area contributed by atoms with Gasteiger partial charge >= 0.3 is 0 Å². The molecule has 0 radical (unpaired) electrons. The van der Waals surface area contributed by atoms with E-state index in [0.717, 1.165) is 12.0 Å². The number of rotatable bonds is 5. The van der Waals surface area contributed by atoms with Gasteiger partial charge in [0.1, 0.15) is 13.8 Å². The highest BCUT2D eigenvalue weighted by Gasteiger charge is 2.01. The van der Waals surface area contributed by atoms with Crippen molar-refractivity contribution in [3.63, 3.8) is 0 Å². The van der Waals surface area contributed by atoms with Gasteiger partial charge in [0.2, 0.25) is 0 Å². The lowest BCUT2D eigenvalue weighted by molar-refractivity contribution is 0.210. The third-order valence-corrected chi connectivity index (χ3v) is 2.24. The lowest BCUT2D eigenvalue weighted by Crippen LogP contribution is -2.03. The quantitative estimate of drug-likeness (QED) is 0.561. The molecule has 0 aliphatic rings. The molecule has 0 heterocycles. The van der Waals surface area contributed by atoms with Crippen LogP contribution in [0, 0.1) is 0 Å². The molecule has 1 aromatic carbocycles. The molecule has 82 valence electrons. The number of oxime groups is 1. The Balaban J connectivity index is 2.49. The molecule has 15 heavy (non-hydrogen) atoms. The summed E-state index contributed by atoms with van der Waals surface area (Å²) >= 11 is 5.75. The molecule has 4 heteroatoms. The minimum Gasteiger partial charge on any atom is -0.399 e. The predicted molar refractivity (Wildman–Crippen MR) is 60.2 cm³/mol. The Morgan fingerprint density at radius 3 is 2.60 bits per heavy atom. The topological polar surface area (TPSA) is 21.6 Å². The van der Waals surface area contributed by atoms with Gasteiger partial charge in [-0.05, 0) is 30.5 Å². The summed E-state index contributed by atoms with van der Waals surface area (Å²) in [6, 6.07) is 7.48. The van der Waals surface area contributed by atoms with E-state index >= 15 is 0 Å². The van der Waals surface area contributed by atoms with Gasteiger partial charge in [0, 0.05) is 5.02 Å². The van der Waals surface area contributed by atoms with Gasteiger partial charge in [0.15, 0.2) is 0 Å². The van der Waals surface area contributed by atoms with Crippen molar-refractivity contribution in [1.29, 1.82) is 0 Å². The average Bonchev–Trinajstić information content (AvgIpc) is 2.26. The Labute approximate surface area is 93.7 Å². The standard InChI is InChI=1S/C11H13ClFNO/c1-15-14-11(8-13)7-4-9-2-5-10(12)6-3-9/h2-3,5-6H,4,7-8H2,1H3. The van der Waals surface area contributed by atoms with E-state index in [1.54, 1.807) is 0 Å². The number of halogens is 2. The third kappa shape index (κ3) is 4.30. The van der Waals surface area contributed by atoms with Crippen LogP contribution in [-0.2, 0) is 11.3 Å². The lowest BCUT2D eigenvalue weighted by Gasteiger charge is -2.02. The zero-order valence-electron chi connectivity index (χ0n) is 8.54. The molecular formula is C11H13ClFNO. The average molecular weight is 230 g/mol. The van der Waals surface area contributed by atoms with Crippen molar-refractivity contribution in [2.45, 2.75) is 12.8 Å². The second-order valence-electron chi connectivity index (χ2n) is 3.10. The highest BCUT2D eigenvalue weighted by atomic mass is 35.5.